The SMILES string of the molecule is CCCCC(=O)N(Cc1ccccc1)Oc1ccccc1C. The van der Waals surface area contributed by atoms with Gasteiger partial charge in [0.25, 0.3) is 5.91 Å². The molecule has 0 fully saturated rings. The van der Waals surface area contributed by atoms with E-state index in [9.17, 15) is 4.79 Å². The number of unbranched alkanes of at least 4 members (excludes halogenated alkanes) is 1. The minimum absolute atomic E-state index is 0.0222. The number of para-hydroxylation sites is 1. The average molecular weight is 297 g/mol. The molecule has 0 aliphatic rings. The van der Waals surface area contributed by atoms with Crippen LogP contribution >= 0.6 is 0 Å². The Hall–Kier alpha value is -2.29. The van der Waals surface area contributed by atoms with Crippen molar-refractivity contribution in [3.05, 3.63) is 65.7 Å². The van der Waals surface area contributed by atoms with Crippen LogP contribution in [-0.2, 0) is 11.3 Å². The van der Waals surface area contributed by atoms with Crippen LogP contribution in [0.2, 0.25) is 0 Å². The van der Waals surface area contributed by atoms with Crippen LogP contribution in [-0.4, -0.2) is 11.0 Å². The molecule has 0 spiro atoms. The monoisotopic (exact) mass is 297 g/mol. The number of carbonyl (C=O) groups is 1. The summed E-state index contributed by atoms with van der Waals surface area (Å²) in [6, 6.07) is 17.7. The summed E-state index contributed by atoms with van der Waals surface area (Å²) < 4.78 is 0. The van der Waals surface area contributed by atoms with Gasteiger partial charge in [0.05, 0.1) is 6.54 Å². The Morgan fingerprint density at radius 1 is 1.05 bits per heavy atom. The van der Waals surface area contributed by atoms with E-state index in [0.717, 1.165) is 29.7 Å². The van der Waals surface area contributed by atoms with Crippen molar-refractivity contribution in [2.45, 2.75) is 39.7 Å². The molecule has 0 saturated carbocycles. The third kappa shape index (κ3) is 4.62. The van der Waals surface area contributed by atoms with Crippen molar-refractivity contribution in [2.24, 2.45) is 0 Å². The van der Waals surface area contributed by atoms with Gasteiger partial charge in [0.15, 0.2) is 5.75 Å². The second-order valence-electron chi connectivity index (χ2n) is 5.38. The molecule has 22 heavy (non-hydrogen) atoms. The lowest BCUT2D eigenvalue weighted by Crippen LogP contribution is -2.33. The number of carbonyl (C=O) groups excluding carboxylic acids is 1. The maximum Gasteiger partial charge on any atom is 0.255 e. The number of rotatable bonds is 7. The van der Waals surface area contributed by atoms with Gasteiger partial charge in [-0.1, -0.05) is 61.9 Å². The molecule has 0 atom stereocenters. The number of benzene rings is 2. The first-order chi connectivity index (χ1) is 10.7. The molecule has 0 bridgehead atoms. The molecule has 3 heteroatoms. The molecule has 2 rings (SSSR count). The minimum atomic E-state index is 0.0222. The molecule has 2 aromatic carbocycles. The van der Waals surface area contributed by atoms with E-state index in [2.05, 4.69) is 6.92 Å². The summed E-state index contributed by atoms with van der Waals surface area (Å²) in [6.45, 7) is 4.52. The van der Waals surface area contributed by atoms with Gasteiger partial charge in [-0.15, -0.1) is 0 Å². The van der Waals surface area contributed by atoms with E-state index in [-0.39, 0.29) is 5.91 Å². The number of hydrogen-bond donors (Lipinski definition) is 0. The summed E-state index contributed by atoms with van der Waals surface area (Å²) in [5.74, 6) is 0.747. The summed E-state index contributed by atoms with van der Waals surface area (Å²) in [5.41, 5.74) is 2.07. The third-order valence-corrected chi connectivity index (χ3v) is 3.49. The number of aryl methyl sites for hydroxylation is 1. The van der Waals surface area contributed by atoms with Crippen LogP contribution in [0.3, 0.4) is 0 Å². The van der Waals surface area contributed by atoms with Crippen LogP contribution < -0.4 is 4.84 Å². The Balaban J connectivity index is 2.14. The topological polar surface area (TPSA) is 29.5 Å². The molecule has 0 aliphatic heterocycles. The summed E-state index contributed by atoms with van der Waals surface area (Å²) in [7, 11) is 0. The van der Waals surface area contributed by atoms with Crippen molar-refractivity contribution in [3.63, 3.8) is 0 Å². The molecule has 0 N–H and O–H groups in total. The smallest absolute Gasteiger partial charge is 0.255 e. The van der Waals surface area contributed by atoms with Gasteiger partial charge in [0, 0.05) is 6.42 Å². The molecule has 0 radical (unpaired) electrons. The molecule has 2 aromatic rings. The molecule has 0 aromatic heterocycles. The van der Waals surface area contributed by atoms with Crippen molar-refractivity contribution in [3.8, 4) is 5.75 Å². The fourth-order valence-corrected chi connectivity index (χ4v) is 2.15. The highest BCUT2D eigenvalue weighted by molar-refractivity contribution is 5.75. The predicted octanol–water partition coefficient (Wildman–Crippen LogP) is 4.51. The lowest BCUT2D eigenvalue weighted by molar-refractivity contribution is -0.159. The lowest BCUT2D eigenvalue weighted by Gasteiger charge is -2.23. The molecule has 0 heterocycles. The highest BCUT2D eigenvalue weighted by Crippen LogP contribution is 2.19. The Morgan fingerprint density at radius 2 is 1.73 bits per heavy atom. The molecule has 116 valence electrons. The van der Waals surface area contributed by atoms with Crippen LogP contribution in [0.15, 0.2) is 54.6 Å². The third-order valence-electron chi connectivity index (χ3n) is 3.49. The molecular formula is C19H23NO2. The maximum atomic E-state index is 12.4. The zero-order valence-corrected chi connectivity index (χ0v) is 13.3. The van der Waals surface area contributed by atoms with Gasteiger partial charge in [0.2, 0.25) is 0 Å². The normalized spacial score (nSPS) is 10.3. The lowest BCUT2D eigenvalue weighted by atomic mass is 10.2. The van der Waals surface area contributed by atoms with Crippen molar-refractivity contribution in [1.82, 2.24) is 5.06 Å². The van der Waals surface area contributed by atoms with E-state index in [4.69, 9.17) is 4.84 Å². The molecule has 0 unspecified atom stereocenters. The highest BCUT2D eigenvalue weighted by Gasteiger charge is 2.16. The van der Waals surface area contributed by atoms with E-state index in [0.29, 0.717) is 13.0 Å². The number of amides is 1. The zero-order chi connectivity index (χ0) is 15.8. The summed E-state index contributed by atoms with van der Waals surface area (Å²) in [4.78, 5) is 18.3. The van der Waals surface area contributed by atoms with Gasteiger partial charge in [-0.2, -0.15) is 5.06 Å². The largest absolute Gasteiger partial charge is 0.376 e. The van der Waals surface area contributed by atoms with E-state index in [1.165, 1.54) is 5.06 Å². The molecule has 3 nitrogen and oxygen atoms in total. The standard InChI is InChI=1S/C19H23NO2/c1-3-4-14-19(21)20(15-17-11-6-5-7-12-17)22-18-13-9-8-10-16(18)2/h5-13H,3-4,14-15H2,1-2H3. The molecule has 0 aliphatic carbocycles. The van der Waals surface area contributed by atoms with Gasteiger partial charge in [-0.3, -0.25) is 4.79 Å². The summed E-state index contributed by atoms with van der Waals surface area (Å²) >= 11 is 0. The molecule has 0 saturated heterocycles. The van der Waals surface area contributed by atoms with Gasteiger partial charge in [0.1, 0.15) is 0 Å². The van der Waals surface area contributed by atoms with E-state index in [1.54, 1.807) is 0 Å². The molecule has 1 amide bonds. The van der Waals surface area contributed by atoms with Gasteiger partial charge in [-0.05, 0) is 30.5 Å². The first kappa shape index (κ1) is 16.1. The maximum absolute atomic E-state index is 12.4. The summed E-state index contributed by atoms with van der Waals surface area (Å²) in [6.07, 6.45) is 2.38. The van der Waals surface area contributed by atoms with Crippen LogP contribution in [0.4, 0.5) is 0 Å². The van der Waals surface area contributed by atoms with Crippen molar-refractivity contribution >= 4 is 5.91 Å². The van der Waals surface area contributed by atoms with E-state index < -0.39 is 0 Å². The number of hydroxylamine groups is 2. The van der Waals surface area contributed by atoms with E-state index in [1.807, 2.05) is 61.5 Å². The van der Waals surface area contributed by atoms with Gasteiger partial charge in [-0.25, -0.2) is 0 Å². The predicted molar refractivity (Wildman–Crippen MR) is 88.3 cm³/mol. The first-order valence-corrected chi connectivity index (χ1v) is 7.78. The van der Waals surface area contributed by atoms with Crippen molar-refractivity contribution in [2.75, 3.05) is 0 Å². The van der Waals surface area contributed by atoms with Crippen molar-refractivity contribution in [1.29, 1.82) is 0 Å². The average Bonchev–Trinajstić information content (AvgIpc) is 2.55. The van der Waals surface area contributed by atoms with E-state index >= 15 is 0 Å². The van der Waals surface area contributed by atoms with Gasteiger partial charge >= 0.3 is 0 Å². The Kier molecular flexibility index (Phi) is 6.01. The Morgan fingerprint density at radius 3 is 2.41 bits per heavy atom. The highest BCUT2D eigenvalue weighted by atomic mass is 16.7. The second kappa shape index (κ2) is 8.23. The minimum Gasteiger partial charge on any atom is -0.376 e. The fraction of sp³-hybridized carbons (Fsp3) is 0.316. The summed E-state index contributed by atoms with van der Waals surface area (Å²) in [5, 5.41) is 1.48. The van der Waals surface area contributed by atoms with Crippen LogP contribution in [0.5, 0.6) is 5.75 Å². The van der Waals surface area contributed by atoms with Crippen LogP contribution in [0.25, 0.3) is 0 Å². The Bertz CT molecular complexity index is 595. The molecular weight excluding hydrogens is 274 g/mol. The van der Waals surface area contributed by atoms with Crippen LogP contribution in [0, 0.1) is 6.92 Å². The number of hydrogen-bond acceptors (Lipinski definition) is 2. The number of nitrogens with zero attached hydrogens (tertiary/aromatic N) is 1. The Labute approximate surface area is 132 Å². The zero-order valence-electron chi connectivity index (χ0n) is 13.3. The first-order valence-electron chi connectivity index (χ1n) is 7.78. The van der Waals surface area contributed by atoms with Gasteiger partial charge < -0.3 is 4.84 Å². The fourth-order valence-electron chi connectivity index (χ4n) is 2.15. The quantitative estimate of drug-likeness (QED) is 0.704. The van der Waals surface area contributed by atoms with Crippen LogP contribution in [0.1, 0.15) is 37.3 Å². The second-order valence-corrected chi connectivity index (χ2v) is 5.38. The van der Waals surface area contributed by atoms with Crippen molar-refractivity contribution < 1.29 is 9.63 Å².